The zero-order valence-corrected chi connectivity index (χ0v) is 28.4. The Bertz CT molecular complexity index is 1980. The normalized spacial score (nSPS) is 14.4. The number of benzene rings is 3. The zero-order valence-electron chi connectivity index (χ0n) is 26.1. The number of hydrogen-bond acceptors (Lipinski definition) is 7. The number of esters is 1. The Morgan fingerprint density at radius 1 is 0.957 bits per heavy atom. The van der Waals surface area contributed by atoms with E-state index in [1.165, 1.54) is 15.3 Å². The van der Waals surface area contributed by atoms with E-state index in [0.29, 0.717) is 38.5 Å². The van der Waals surface area contributed by atoms with Crippen molar-refractivity contribution in [3.05, 3.63) is 128 Å². The first kappa shape index (κ1) is 34.0. The molecule has 5 rings (SSSR count). The summed E-state index contributed by atoms with van der Waals surface area (Å²) in [6, 6.07) is 21.5. The molecule has 1 aliphatic heterocycles. The first-order chi connectivity index (χ1) is 22.4. The summed E-state index contributed by atoms with van der Waals surface area (Å²) < 4.78 is 45.6. The van der Waals surface area contributed by atoms with E-state index in [1.807, 2.05) is 6.92 Å². The van der Waals surface area contributed by atoms with Gasteiger partial charge >= 0.3 is 5.97 Å². The third kappa shape index (κ3) is 7.31. The minimum atomic E-state index is -4.01. The maximum atomic E-state index is 13.9. The van der Waals surface area contributed by atoms with Crippen LogP contribution in [0.4, 0.5) is 5.69 Å². The number of amides is 1. The molecule has 0 fully saturated rings. The number of carbonyl (C=O) groups excluding carboxylic acids is 2. The molecule has 4 aromatic rings. The first-order valence-electron chi connectivity index (χ1n) is 14.6. The van der Waals surface area contributed by atoms with Crippen molar-refractivity contribution < 1.29 is 31.9 Å². The maximum absolute atomic E-state index is 13.9. The summed E-state index contributed by atoms with van der Waals surface area (Å²) in [5, 5.41) is 0.746. The lowest BCUT2D eigenvalue weighted by Crippen LogP contribution is -2.30. The summed E-state index contributed by atoms with van der Waals surface area (Å²) in [5.74, 6) is 0.0562. The van der Waals surface area contributed by atoms with Crippen LogP contribution in [0.2, 0.25) is 10.0 Å². The van der Waals surface area contributed by atoms with Gasteiger partial charge in [0.15, 0.2) is 0 Å². The Balaban J connectivity index is 1.49. The third-order valence-corrected chi connectivity index (χ3v) is 9.92. The van der Waals surface area contributed by atoms with E-state index >= 15 is 0 Å². The monoisotopic (exact) mass is 694 g/mol. The van der Waals surface area contributed by atoms with E-state index in [2.05, 4.69) is 0 Å². The highest BCUT2D eigenvalue weighted by Crippen LogP contribution is 2.36. The molecule has 0 spiro atoms. The Kier molecular flexibility index (Phi) is 10.3. The largest absolute Gasteiger partial charge is 0.497 e. The van der Waals surface area contributed by atoms with Gasteiger partial charge in [0.05, 0.1) is 36.3 Å². The van der Waals surface area contributed by atoms with Gasteiger partial charge in [-0.2, -0.15) is 4.31 Å². The van der Waals surface area contributed by atoms with E-state index in [0.717, 1.165) is 5.56 Å². The maximum Gasteiger partial charge on any atom is 0.340 e. The molecule has 0 bridgehead atoms. The van der Waals surface area contributed by atoms with Crippen LogP contribution in [-0.4, -0.2) is 38.3 Å². The smallest absolute Gasteiger partial charge is 0.340 e. The molecule has 0 saturated carbocycles. The zero-order chi connectivity index (χ0) is 33.9. The molecule has 12 heteroatoms. The molecule has 0 saturated heterocycles. The van der Waals surface area contributed by atoms with Gasteiger partial charge in [0.25, 0.3) is 5.91 Å². The number of halogens is 2. The quantitative estimate of drug-likeness (QED) is 0.118. The molecule has 9 nitrogen and oxygen atoms in total. The van der Waals surface area contributed by atoms with Crippen molar-refractivity contribution in [2.24, 2.45) is 0 Å². The number of carbonyl (C=O) groups is 2. The first-order valence-corrected chi connectivity index (χ1v) is 16.8. The highest BCUT2D eigenvalue weighted by Gasteiger charge is 2.38. The topological polar surface area (TPSA) is 106 Å². The lowest BCUT2D eigenvalue weighted by atomic mass is 10.1. The van der Waals surface area contributed by atoms with E-state index in [9.17, 15) is 18.0 Å². The van der Waals surface area contributed by atoms with Crippen LogP contribution in [0.15, 0.2) is 105 Å². The van der Waals surface area contributed by atoms with Crippen molar-refractivity contribution in [1.29, 1.82) is 0 Å². The predicted molar refractivity (Wildman–Crippen MR) is 181 cm³/mol. The van der Waals surface area contributed by atoms with Crippen LogP contribution in [0.3, 0.4) is 0 Å². The Morgan fingerprint density at radius 3 is 2.30 bits per heavy atom. The minimum absolute atomic E-state index is 0.0619. The molecule has 1 aromatic heterocycles. The van der Waals surface area contributed by atoms with Gasteiger partial charge in [-0.25, -0.2) is 13.2 Å². The predicted octanol–water partition coefficient (Wildman–Crippen LogP) is 7.56. The van der Waals surface area contributed by atoms with Crippen molar-refractivity contribution in [3.63, 3.8) is 0 Å². The molecule has 47 heavy (non-hydrogen) atoms. The molecule has 0 atom stereocenters. The number of hydrogen-bond donors (Lipinski definition) is 0. The van der Waals surface area contributed by atoms with Crippen LogP contribution in [0.25, 0.3) is 6.08 Å². The van der Waals surface area contributed by atoms with Crippen LogP contribution < -0.4 is 9.64 Å². The summed E-state index contributed by atoms with van der Waals surface area (Å²) in [7, 11) is -2.47. The van der Waals surface area contributed by atoms with Crippen LogP contribution in [0, 0.1) is 6.92 Å². The van der Waals surface area contributed by atoms with Gasteiger partial charge in [0.1, 0.15) is 17.3 Å². The van der Waals surface area contributed by atoms with Crippen LogP contribution in [0.5, 0.6) is 5.75 Å². The van der Waals surface area contributed by atoms with Crippen LogP contribution in [-0.2, 0) is 37.4 Å². The highest BCUT2D eigenvalue weighted by molar-refractivity contribution is 7.89. The summed E-state index contributed by atoms with van der Waals surface area (Å²) in [5.41, 5.74) is 2.58. The van der Waals surface area contributed by atoms with Gasteiger partial charge in [0, 0.05) is 28.0 Å². The highest BCUT2D eigenvalue weighted by atomic mass is 35.5. The van der Waals surface area contributed by atoms with Gasteiger partial charge in [-0.05, 0) is 93.1 Å². The van der Waals surface area contributed by atoms with Crippen LogP contribution >= 0.6 is 23.2 Å². The summed E-state index contributed by atoms with van der Waals surface area (Å²) >= 11 is 12.5. The Morgan fingerprint density at radius 2 is 1.66 bits per heavy atom. The van der Waals surface area contributed by atoms with E-state index in [4.69, 9.17) is 37.1 Å². The number of rotatable bonds is 11. The molecule has 1 aliphatic rings. The van der Waals surface area contributed by atoms with Gasteiger partial charge in [0.2, 0.25) is 10.0 Å². The fourth-order valence-electron chi connectivity index (χ4n) is 5.12. The fourth-order valence-corrected chi connectivity index (χ4v) is 6.97. The van der Waals surface area contributed by atoms with E-state index in [1.54, 1.807) is 99.8 Å². The van der Waals surface area contributed by atoms with Gasteiger partial charge in [-0.15, -0.1) is 0 Å². The average Bonchev–Trinajstić information content (AvgIpc) is 3.58. The number of furan rings is 1. The fraction of sp³-hybridized carbons (Fsp3) is 0.200. The summed E-state index contributed by atoms with van der Waals surface area (Å²) in [6.07, 6.45) is 1.46. The number of methoxy groups -OCH3 is 1. The molecular weight excluding hydrogens is 663 g/mol. The molecule has 0 unspecified atom stereocenters. The molecule has 2 heterocycles. The SMILES string of the molecule is CCOC(=O)C1=C(C)N(c2ccc(OC)cc2)C(=O)/C1=C/c1ccc(CN(Cc2ccc(Cl)cc2Cl)S(=O)(=O)c2ccc(C)cc2)o1. The minimum Gasteiger partial charge on any atom is -0.497 e. The third-order valence-electron chi connectivity index (χ3n) is 7.53. The van der Waals surface area contributed by atoms with Gasteiger partial charge < -0.3 is 13.9 Å². The number of anilines is 1. The van der Waals surface area contributed by atoms with Crippen molar-refractivity contribution in [2.75, 3.05) is 18.6 Å². The lowest BCUT2D eigenvalue weighted by Gasteiger charge is -2.22. The average molecular weight is 696 g/mol. The summed E-state index contributed by atoms with van der Waals surface area (Å²) in [4.78, 5) is 28.4. The molecular formula is C35H32Cl2N2O7S. The Hall–Kier alpha value is -4.35. The van der Waals surface area contributed by atoms with Crippen molar-refractivity contribution in [1.82, 2.24) is 4.31 Å². The number of aryl methyl sites for hydroxylation is 1. The Labute approximate surface area is 283 Å². The lowest BCUT2D eigenvalue weighted by molar-refractivity contribution is -0.138. The van der Waals surface area contributed by atoms with E-state index < -0.39 is 21.9 Å². The number of ether oxygens (including phenoxy) is 2. The standard InChI is InChI=1S/C35H32Cl2N2O7S/c1-5-45-35(41)33-23(3)39(26-10-12-27(44-4)13-11-26)34(40)31(33)19-28-14-15-29(46-28)21-38(20-24-8-9-25(36)18-32(24)37)47(42,43)30-16-6-22(2)7-17-30/h6-19H,5,20-21H2,1-4H3/b31-19+. The van der Waals surface area contributed by atoms with Crippen LogP contribution in [0.1, 0.15) is 36.5 Å². The van der Waals surface area contributed by atoms with Crippen molar-refractivity contribution >= 4 is 56.9 Å². The molecule has 244 valence electrons. The van der Waals surface area contributed by atoms with E-state index in [-0.39, 0.29) is 41.5 Å². The summed E-state index contributed by atoms with van der Waals surface area (Å²) in [6.45, 7) is 5.13. The second kappa shape index (κ2) is 14.2. The van der Waals surface area contributed by atoms with Gasteiger partial charge in [-0.3, -0.25) is 9.69 Å². The molecule has 0 aliphatic carbocycles. The number of sulfonamides is 1. The van der Waals surface area contributed by atoms with Crippen molar-refractivity contribution in [2.45, 2.75) is 38.8 Å². The second-order valence-electron chi connectivity index (χ2n) is 10.7. The number of nitrogens with zero attached hydrogens (tertiary/aromatic N) is 2. The van der Waals surface area contributed by atoms with Crippen molar-refractivity contribution in [3.8, 4) is 5.75 Å². The molecule has 0 N–H and O–H groups in total. The second-order valence-corrected chi connectivity index (χ2v) is 13.5. The van der Waals surface area contributed by atoms with Gasteiger partial charge in [-0.1, -0.05) is 47.0 Å². The molecule has 3 aromatic carbocycles. The number of allylic oxidation sites excluding steroid dienone is 1. The molecule has 0 radical (unpaired) electrons. The molecule has 1 amide bonds.